The van der Waals surface area contributed by atoms with Crippen molar-refractivity contribution in [3.63, 3.8) is 0 Å². The lowest BCUT2D eigenvalue weighted by Crippen LogP contribution is -1.89. The van der Waals surface area contributed by atoms with Crippen molar-refractivity contribution in [2.45, 2.75) is 6.42 Å². The topological polar surface area (TPSA) is 60.8 Å². The van der Waals surface area contributed by atoms with Crippen LogP contribution in [-0.4, -0.2) is 6.54 Å². The van der Waals surface area contributed by atoms with Crippen LogP contribution in [0.25, 0.3) is 10.4 Å². The van der Waals surface area contributed by atoms with E-state index in [4.69, 9.17) is 5.53 Å². The molecule has 2 aromatic carbocycles. The molecule has 0 atom stereocenters. The van der Waals surface area contributed by atoms with Crippen molar-refractivity contribution in [2.75, 3.05) is 11.9 Å². The molecule has 98 valence electrons. The zero-order valence-corrected chi connectivity index (χ0v) is 11.0. The summed E-state index contributed by atoms with van der Waals surface area (Å²) in [7, 11) is 0. The molecule has 0 aliphatic rings. The van der Waals surface area contributed by atoms with E-state index in [1.54, 1.807) is 0 Å². The quantitative estimate of drug-likeness (QED) is 0.285. The third-order valence-corrected chi connectivity index (χ3v) is 2.58. The van der Waals surface area contributed by atoms with Crippen molar-refractivity contribution >= 4 is 11.4 Å². The predicted octanol–water partition coefficient (Wildman–Crippen LogP) is 4.48. The fourth-order valence-electron chi connectivity index (χ4n) is 1.64. The molecule has 0 heterocycles. The molecule has 0 aliphatic heterocycles. The molecule has 1 N–H and O–H groups in total. The van der Waals surface area contributed by atoms with Gasteiger partial charge in [-0.05, 0) is 41.9 Å². The van der Waals surface area contributed by atoms with Crippen LogP contribution in [0.4, 0.5) is 11.4 Å². The molecule has 0 aromatic heterocycles. The lowest BCUT2D eigenvalue weighted by Gasteiger charge is -2.05. The van der Waals surface area contributed by atoms with Gasteiger partial charge in [-0.15, -0.1) is 0 Å². The van der Waals surface area contributed by atoms with Gasteiger partial charge in [0, 0.05) is 34.8 Å². The van der Waals surface area contributed by atoms with E-state index in [0.29, 0.717) is 13.0 Å². The maximum atomic E-state index is 8.14. The highest BCUT2D eigenvalue weighted by molar-refractivity contribution is 5.60. The first-order valence-corrected chi connectivity index (χ1v) is 6.30. The van der Waals surface area contributed by atoms with Crippen LogP contribution in [0.5, 0.6) is 0 Å². The molecule has 0 radical (unpaired) electrons. The standard InChI is InChI=1S/C16H14N4/c17-20-18-13-5-4-6-14-9-11-16(12-10-14)19-15-7-2-1-3-8-15/h1-3,7-12,19H,5,13H2. The average molecular weight is 262 g/mol. The van der Waals surface area contributed by atoms with Crippen molar-refractivity contribution in [1.29, 1.82) is 0 Å². The van der Waals surface area contributed by atoms with E-state index in [9.17, 15) is 0 Å². The fraction of sp³-hybridized carbons (Fsp3) is 0.125. The summed E-state index contributed by atoms with van der Waals surface area (Å²) in [5.41, 5.74) is 11.2. The van der Waals surface area contributed by atoms with E-state index in [1.165, 1.54) is 0 Å². The summed E-state index contributed by atoms with van der Waals surface area (Å²) in [6.45, 7) is 0.414. The second-order valence-corrected chi connectivity index (χ2v) is 4.07. The van der Waals surface area contributed by atoms with Gasteiger partial charge in [-0.3, -0.25) is 0 Å². The molecule has 0 aliphatic carbocycles. The number of anilines is 2. The maximum Gasteiger partial charge on any atom is 0.0385 e. The third kappa shape index (κ3) is 4.41. The van der Waals surface area contributed by atoms with Crippen molar-refractivity contribution in [1.82, 2.24) is 0 Å². The maximum absolute atomic E-state index is 8.14. The molecular formula is C16H14N4. The summed E-state index contributed by atoms with van der Waals surface area (Å²) in [5.74, 6) is 6.00. The normalized spacial score (nSPS) is 9.00. The Hall–Kier alpha value is -2.89. The van der Waals surface area contributed by atoms with Crippen LogP contribution >= 0.6 is 0 Å². The highest BCUT2D eigenvalue weighted by Gasteiger charge is 1.93. The Balaban J connectivity index is 1.94. The fourth-order valence-corrected chi connectivity index (χ4v) is 1.64. The first-order valence-electron chi connectivity index (χ1n) is 6.30. The molecule has 2 rings (SSSR count). The summed E-state index contributed by atoms with van der Waals surface area (Å²) in [5, 5.41) is 6.74. The molecule has 0 spiro atoms. The van der Waals surface area contributed by atoms with E-state index < -0.39 is 0 Å². The minimum absolute atomic E-state index is 0.414. The van der Waals surface area contributed by atoms with Crippen LogP contribution < -0.4 is 5.32 Å². The largest absolute Gasteiger partial charge is 0.356 e. The minimum atomic E-state index is 0.414. The van der Waals surface area contributed by atoms with Gasteiger partial charge < -0.3 is 5.32 Å². The van der Waals surface area contributed by atoms with Crippen molar-refractivity contribution in [2.24, 2.45) is 5.11 Å². The molecular weight excluding hydrogens is 248 g/mol. The van der Waals surface area contributed by atoms with Gasteiger partial charge in [0.05, 0.1) is 0 Å². The lowest BCUT2D eigenvalue weighted by molar-refractivity contribution is 1.01. The molecule has 0 unspecified atom stereocenters. The summed E-state index contributed by atoms with van der Waals surface area (Å²) in [4.78, 5) is 2.68. The summed E-state index contributed by atoms with van der Waals surface area (Å²) in [6, 6.07) is 17.9. The molecule has 4 heteroatoms. The van der Waals surface area contributed by atoms with Crippen LogP contribution in [0.2, 0.25) is 0 Å². The predicted molar refractivity (Wildman–Crippen MR) is 81.7 cm³/mol. The Morgan fingerprint density at radius 3 is 2.40 bits per heavy atom. The number of nitrogens with one attached hydrogen (secondary N) is 1. The number of hydrogen-bond donors (Lipinski definition) is 1. The minimum Gasteiger partial charge on any atom is -0.356 e. The van der Waals surface area contributed by atoms with E-state index in [2.05, 4.69) is 27.2 Å². The first-order chi connectivity index (χ1) is 9.88. The number of rotatable bonds is 4. The number of nitrogens with zero attached hydrogens (tertiary/aromatic N) is 3. The Morgan fingerprint density at radius 2 is 1.70 bits per heavy atom. The molecule has 0 saturated heterocycles. The van der Waals surface area contributed by atoms with E-state index in [1.807, 2.05) is 54.6 Å². The van der Waals surface area contributed by atoms with Crippen molar-refractivity contribution in [3.05, 3.63) is 70.6 Å². The number of benzene rings is 2. The van der Waals surface area contributed by atoms with Gasteiger partial charge in [0.1, 0.15) is 0 Å². The van der Waals surface area contributed by atoms with Gasteiger partial charge in [-0.25, -0.2) is 0 Å². The molecule has 0 bridgehead atoms. The zero-order valence-electron chi connectivity index (χ0n) is 11.0. The monoisotopic (exact) mass is 262 g/mol. The number of hydrogen-bond acceptors (Lipinski definition) is 2. The van der Waals surface area contributed by atoms with Crippen molar-refractivity contribution in [3.8, 4) is 11.8 Å². The van der Waals surface area contributed by atoms with Crippen LogP contribution in [0, 0.1) is 11.8 Å². The van der Waals surface area contributed by atoms with Crippen molar-refractivity contribution < 1.29 is 0 Å². The van der Waals surface area contributed by atoms with Crippen LogP contribution in [0.1, 0.15) is 12.0 Å². The second kappa shape index (κ2) is 7.52. The Kier molecular flexibility index (Phi) is 5.09. The van der Waals surface area contributed by atoms with Crippen LogP contribution in [-0.2, 0) is 0 Å². The first kappa shape index (κ1) is 13.5. The van der Waals surface area contributed by atoms with Gasteiger partial charge in [-0.1, -0.05) is 35.2 Å². The highest BCUT2D eigenvalue weighted by Crippen LogP contribution is 2.16. The van der Waals surface area contributed by atoms with Crippen LogP contribution in [0.15, 0.2) is 59.7 Å². The van der Waals surface area contributed by atoms with E-state index >= 15 is 0 Å². The van der Waals surface area contributed by atoms with Gasteiger partial charge in [-0.2, -0.15) is 0 Å². The molecule has 20 heavy (non-hydrogen) atoms. The average Bonchev–Trinajstić information content (AvgIpc) is 2.50. The molecule has 0 amide bonds. The van der Waals surface area contributed by atoms with Gasteiger partial charge in [0.25, 0.3) is 0 Å². The van der Waals surface area contributed by atoms with Gasteiger partial charge in [0.2, 0.25) is 0 Å². The third-order valence-electron chi connectivity index (χ3n) is 2.58. The van der Waals surface area contributed by atoms with E-state index in [-0.39, 0.29) is 0 Å². The number of para-hydroxylation sites is 1. The Labute approximate surface area is 118 Å². The second-order valence-electron chi connectivity index (χ2n) is 4.07. The molecule has 2 aromatic rings. The SMILES string of the molecule is [N-]=[N+]=NCCC#Cc1ccc(Nc2ccccc2)cc1. The molecule has 0 saturated carbocycles. The Morgan fingerprint density at radius 1 is 1.00 bits per heavy atom. The lowest BCUT2D eigenvalue weighted by atomic mass is 10.2. The summed E-state index contributed by atoms with van der Waals surface area (Å²) in [6.07, 6.45) is 0.577. The highest BCUT2D eigenvalue weighted by atomic mass is 15.1. The zero-order chi connectivity index (χ0) is 14.0. The smallest absolute Gasteiger partial charge is 0.0385 e. The summed E-state index contributed by atoms with van der Waals surface area (Å²) < 4.78 is 0. The van der Waals surface area contributed by atoms with Gasteiger partial charge in [0.15, 0.2) is 0 Å². The van der Waals surface area contributed by atoms with Crippen LogP contribution in [0.3, 0.4) is 0 Å². The van der Waals surface area contributed by atoms with E-state index in [0.717, 1.165) is 16.9 Å². The molecule has 0 fully saturated rings. The van der Waals surface area contributed by atoms with Gasteiger partial charge >= 0.3 is 0 Å². The summed E-state index contributed by atoms with van der Waals surface area (Å²) >= 11 is 0. The number of azide groups is 1. The Bertz CT molecular complexity index is 644. The molecule has 4 nitrogen and oxygen atoms in total.